The molecular weight excluding hydrogens is 345 g/mol. The van der Waals surface area contributed by atoms with Crippen molar-refractivity contribution in [3.63, 3.8) is 0 Å². The summed E-state index contributed by atoms with van der Waals surface area (Å²) < 4.78 is 16.4. The number of nitrogens with zero attached hydrogens (tertiary/aromatic N) is 5. The molecule has 3 heterocycles. The van der Waals surface area contributed by atoms with E-state index < -0.39 is 0 Å². The number of aromatic nitrogens is 4. The molecule has 0 atom stereocenters. The number of thiocarbonyl (C=S) groups is 1. The Morgan fingerprint density at radius 1 is 1.08 bits per heavy atom. The lowest BCUT2D eigenvalue weighted by Crippen LogP contribution is -2.23. The van der Waals surface area contributed by atoms with Gasteiger partial charge in [0.15, 0.2) is 11.5 Å². The van der Waals surface area contributed by atoms with Crippen molar-refractivity contribution in [2.45, 2.75) is 17.9 Å². The van der Waals surface area contributed by atoms with Crippen molar-refractivity contribution in [1.29, 1.82) is 0 Å². The summed E-state index contributed by atoms with van der Waals surface area (Å²) in [5.74, 6) is 0.0388. The van der Waals surface area contributed by atoms with Crippen LogP contribution in [0.2, 0.25) is 0 Å². The van der Waals surface area contributed by atoms with E-state index in [4.69, 9.17) is 12.2 Å². The monoisotopic (exact) mass is 359 g/mol. The van der Waals surface area contributed by atoms with E-state index in [1.54, 1.807) is 22.7 Å². The van der Waals surface area contributed by atoms with Gasteiger partial charge in [0.05, 0.1) is 5.56 Å². The number of hydrogen-bond donors (Lipinski definition) is 0. The van der Waals surface area contributed by atoms with E-state index in [0.29, 0.717) is 17.0 Å². The molecule has 0 radical (unpaired) electrons. The van der Waals surface area contributed by atoms with Crippen molar-refractivity contribution >= 4 is 33.9 Å². The van der Waals surface area contributed by atoms with Gasteiger partial charge >= 0.3 is 0 Å². The lowest BCUT2D eigenvalue weighted by Gasteiger charge is -2.16. The SMILES string of the molecule is Fc1ccccc1-c1nnc2ccc(SC(=S)N3CCCC3)nn12. The summed E-state index contributed by atoms with van der Waals surface area (Å²) in [6, 6.07) is 10.2. The van der Waals surface area contributed by atoms with Crippen LogP contribution >= 0.6 is 24.0 Å². The quantitative estimate of drug-likeness (QED) is 0.516. The molecule has 0 unspecified atom stereocenters. The van der Waals surface area contributed by atoms with Gasteiger partial charge in [0.2, 0.25) is 0 Å². The summed E-state index contributed by atoms with van der Waals surface area (Å²) in [6.07, 6.45) is 2.35. The average Bonchev–Trinajstić information content (AvgIpc) is 3.25. The largest absolute Gasteiger partial charge is 0.357 e. The molecule has 4 rings (SSSR count). The first-order valence-corrected chi connectivity index (χ1v) is 8.89. The topological polar surface area (TPSA) is 46.3 Å². The molecule has 122 valence electrons. The molecule has 24 heavy (non-hydrogen) atoms. The van der Waals surface area contributed by atoms with Crippen LogP contribution in [0.25, 0.3) is 17.0 Å². The highest BCUT2D eigenvalue weighted by Crippen LogP contribution is 2.25. The van der Waals surface area contributed by atoms with Crippen molar-refractivity contribution in [1.82, 2.24) is 24.7 Å². The fraction of sp³-hybridized carbons (Fsp3) is 0.250. The molecule has 0 amide bonds. The van der Waals surface area contributed by atoms with E-state index in [2.05, 4.69) is 20.2 Å². The Labute approximate surface area is 147 Å². The summed E-state index contributed by atoms with van der Waals surface area (Å²) in [4.78, 5) is 2.19. The van der Waals surface area contributed by atoms with E-state index in [1.807, 2.05) is 12.1 Å². The van der Waals surface area contributed by atoms with Crippen LogP contribution in [0.1, 0.15) is 12.8 Å². The minimum Gasteiger partial charge on any atom is -0.357 e. The van der Waals surface area contributed by atoms with Crippen LogP contribution in [-0.4, -0.2) is 42.1 Å². The highest BCUT2D eigenvalue weighted by molar-refractivity contribution is 8.22. The number of rotatable bonds is 2. The molecule has 2 aromatic heterocycles. The molecule has 0 aliphatic carbocycles. The highest BCUT2D eigenvalue weighted by Gasteiger charge is 2.18. The molecule has 3 aromatic rings. The maximum atomic E-state index is 14.1. The van der Waals surface area contributed by atoms with Crippen LogP contribution in [0, 0.1) is 5.82 Å². The minimum atomic E-state index is -0.348. The molecule has 0 saturated carbocycles. The second kappa shape index (κ2) is 6.45. The maximum absolute atomic E-state index is 14.1. The minimum absolute atomic E-state index is 0.348. The van der Waals surface area contributed by atoms with Crippen LogP contribution in [0.5, 0.6) is 0 Å². The Morgan fingerprint density at radius 2 is 1.88 bits per heavy atom. The van der Waals surface area contributed by atoms with Crippen LogP contribution in [0.3, 0.4) is 0 Å². The van der Waals surface area contributed by atoms with Crippen molar-refractivity contribution in [3.8, 4) is 11.4 Å². The van der Waals surface area contributed by atoms with Gasteiger partial charge in [-0.3, -0.25) is 0 Å². The van der Waals surface area contributed by atoms with Crippen LogP contribution in [0.15, 0.2) is 41.4 Å². The predicted octanol–water partition coefficient (Wildman–Crippen LogP) is 3.40. The zero-order valence-corrected chi connectivity index (χ0v) is 14.4. The van der Waals surface area contributed by atoms with Gasteiger partial charge in [0, 0.05) is 13.1 Å². The van der Waals surface area contributed by atoms with Crippen LogP contribution in [0.4, 0.5) is 4.39 Å². The van der Waals surface area contributed by atoms with E-state index in [0.717, 1.165) is 22.4 Å². The number of benzene rings is 1. The molecule has 8 heteroatoms. The summed E-state index contributed by atoms with van der Waals surface area (Å²) >= 11 is 6.94. The molecule has 1 fully saturated rings. The molecule has 1 aliphatic rings. The molecule has 1 saturated heterocycles. The van der Waals surface area contributed by atoms with Gasteiger partial charge in [0.1, 0.15) is 15.2 Å². The fourth-order valence-corrected chi connectivity index (χ4v) is 3.88. The number of halogens is 1. The van der Waals surface area contributed by atoms with E-state index in [9.17, 15) is 4.39 Å². The zero-order chi connectivity index (χ0) is 16.5. The predicted molar refractivity (Wildman–Crippen MR) is 95.4 cm³/mol. The molecule has 5 nitrogen and oxygen atoms in total. The molecular formula is C16H14FN5S2. The summed E-state index contributed by atoms with van der Waals surface area (Å²) in [7, 11) is 0. The Kier molecular flexibility index (Phi) is 4.15. The van der Waals surface area contributed by atoms with Crippen molar-refractivity contribution in [3.05, 3.63) is 42.2 Å². The van der Waals surface area contributed by atoms with Gasteiger partial charge in [-0.25, -0.2) is 4.39 Å². The van der Waals surface area contributed by atoms with Gasteiger partial charge in [-0.15, -0.1) is 10.2 Å². The van der Waals surface area contributed by atoms with Gasteiger partial charge in [-0.05, 0) is 48.9 Å². The zero-order valence-electron chi connectivity index (χ0n) is 12.7. The van der Waals surface area contributed by atoms with Crippen molar-refractivity contribution < 1.29 is 4.39 Å². The number of likely N-dealkylation sites (tertiary alicyclic amines) is 1. The van der Waals surface area contributed by atoms with Crippen molar-refractivity contribution in [2.24, 2.45) is 0 Å². The summed E-state index contributed by atoms with van der Waals surface area (Å²) in [6.45, 7) is 2.00. The molecule has 0 bridgehead atoms. The first-order valence-electron chi connectivity index (χ1n) is 7.66. The third kappa shape index (κ3) is 2.87. The second-order valence-corrected chi connectivity index (χ2v) is 7.16. The number of fused-ring (bicyclic) bond motifs is 1. The van der Waals surface area contributed by atoms with E-state index in [-0.39, 0.29) is 5.82 Å². The Hall–Kier alpha value is -2.06. The average molecular weight is 359 g/mol. The first kappa shape index (κ1) is 15.5. The summed E-state index contributed by atoms with van der Waals surface area (Å²) in [5, 5.41) is 13.4. The Bertz CT molecular complexity index is 904. The molecule has 0 N–H and O–H groups in total. The Morgan fingerprint density at radius 3 is 2.67 bits per heavy atom. The Balaban J connectivity index is 1.68. The standard InChI is InChI=1S/C16H14FN5S2/c17-12-6-2-1-5-11(12)15-19-18-13-7-8-14(20-22(13)15)24-16(23)21-9-3-4-10-21/h1-2,5-8H,3-4,9-10H2. The normalized spacial score (nSPS) is 14.5. The molecule has 0 spiro atoms. The van der Waals surface area contributed by atoms with Gasteiger partial charge in [-0.1, -0.05) is 24.4 Å². The third-order valence-corrected chi connectivity index (χ3v) is 5.28. The maximum Gasteiger partial charge on any atom is 0.188 e. The van der Waals surface area contributed by atoms with Crippen LogP contribution in [-0.2, 0) is 0 Å². The van der Waals surface area contributed by atoms with Gasteiger partial charge < -0.3 is 4.90 Å². The fourth-order valence-electron chi connectivity index (χ4n) is 2.69. The molecule has 1 aromatic carbocycles. The second-order valence-electron chi connectivity index (χ2n) is 5.51. The lowest BCUT2D eigenvalue weighted by atomic mass is 10.2. The smallest absolute Gasteiger partial charge is 0.188 e. The number of hydrogen-bond acceptors (Lipinski definition) is 5. The van der Waals surface area contributed by atoms with Crippen molar-refractivity contribution in [2.75, 3.05) is 13.1 Å². The third-order valence-electron chi connectivity index (χ3n) is 3.91. The van der Waals surface area contributed by atoms with E-state index in [1.165, 1.54) is 30.7 Å². The number of thioether (sulfide) groups is 1. The summed E-state index contributed by atoms with van der Waals surface area (Å²) in [5.41, 5.74) is 0.950. The van der Waals surface area contributed by atoms with Gasteiger partial charge in [-0.2, -0.15) is 9.61 Å². The first-order chi connectivity index (χ1) is 11.7. The molecule has 1 aliphatic heterocycles. The highest BCUT2D eigenvalue weighted by atomic mass is 32.2. The van der Waals surface area contributed by atoms with E-state index >= 15 is 0 Å². The van der Waals surface area contributed by atoms with Crippen LogP contribution < -0.4 is 0 Å². The lowest BCUT2D eigenvalue weighted by molar-refractivity contribution is 0.539. The van der Waals surface area contributed by atoms with Gasteiger partial charge in [0.25, 0.3) is 0 Å².